The predicted octanol–water partition coefficient (Wildman–Crippen LogP) is -1.62. The van der Waals surface area contributed by atoms with Crippen molar-refractivity contribution in [2.75, 3.05) is 24.7 Å². The van der Waals surface area contributed by atoms with Crippen LogP contribution < -0.4 is 17.0 Å². The second-order valence-corrected chi connectivity index (χ2v) is 12.2. The number of hydrogen-bond acceptors (Lipinski definition) is 16. The van der Waals surface area contributed by atoms with Gasteiger partial charge in [-0.25, -0.2) is 14.5 Å². The van der Waals surface area contributed by atoms with Gasteiger partial charge < -0.3 is 45.7 Å². The average molecular weight is 673 g/mol. The van der Waals surface area contributed by atoms with Crippen LogP contribution in [0.25, 0.3) is 22.2 Å². The highest BCUT2D eigenvalue weighted by Crippen LogP contribution is 2.50. The van der Waals surface area contributed by atoms with Crippen LogP contribution in [0, 0.1) is 0 Å². The number of aliphatic hydroxyl groups is 3. The molecule has 2 aliphatic heterocycles. The average Bonchev–Trinajstić information content (AvgIpc) is 3.73. The molecule has 2 saturated heterocycles. The number of anilines is 2. The van der Waals surface area contributed by atoms with Crippen molar-refractivity contribution in [1.82, 2.24) is 29.1 Å². The minimum atomic E-state index is -5.15. The summed E-state index contributed by atoms with van der Waals surface area (Å²) in [5.41, 5.74) is 11.8. The third kappa shape index (κ3) is 5.85. The molecule has 3 aromatic heterocycles. The topological polar surface area (TPSA) is 315 Å². The summed E-state index contributed by atoms with van der Waals surface area (Å²) in [6.45, 7) is -1.54. The summed E-state index contributed by atoms with van der Waals surface area (Å²) in [6, 6.07) is 4.90. The van der Waals surface area contributed by atoms with Gasteiger partial charge in [0.25, 0.3) is 5.56 Å². The summed E-state index contributed by atoms with van der Waals surface area (Å²) < 4.78 is 54.1. The fourth-order valence-electron chi connectivity index (χ4n) is 5.29. The SMILES string of the molecule is Nc1nc2c(ncn2[C@@H]2O[C@H](CO)[C@@H](O)[C@H]2OP(=O)(O)OC[C@H]2O[C@@H](n3cnc4c(N)cccc43)[C@H](O)[C@@H]2O[P+](=O)O)c(=O)[nH]1. The van der Waals surface area contributed by atoms with Crippen LogP contribution in [0.3, 0.4) is 0 Å². The maximum Gasteiger partial charge on any atom is 0.695 e. The number of nitrogen functional groups attached to an aromatic ring is 2. The molecule has 0 saturated carbocycles. The van der Waals surface area contributed by atoms with Crippen LogP contribution in [0.5, 0.6) is 0 Å². The van der Waals surface area contributed by atoms with E-state index in [0.717, 1.165) is 10.9 Å². The quantitative estimate of drug-likeness (QED) is 0.0692. The minimum absolute atomic E-state index is 0.111. The third-order valence-corrected chi connectivity index (χ3v) is 8.71. The molecule has 0 bridgehead atoms. The molecule has 45 heavy (non-hydrogen) atoms. The van der Waals surface area contributed by atoms with Crippen molar-refractivity contribution in [2.24, 2.45) is 0 Å². The fraction of sp³-hybridized carbons (Fsp3) is 0.455. The highest BCUT2D eigenvalue weighted by Gasteiger charge is 2.53. The highest BCUT2D eigenvalue weighted by atomic mass is 31.2. The number of nitrogens with zero attached hydrogens (tertiary/aromatic N) is 5. The first-order valence-corrected chi connectivity index (χ1v) is 15.7. The Kier molecular flexibility index (Phi) is 8.46. The molecule has 6 rings (SSSR count). The number of aliphatic hydroxyl groups excluding tert-OH is 3. The van der Waals surface area contributed by atoms with Gasteiger partial charge in [0.2, 0.25) is 5.95 Å². The number of hydrogen-bond donors (Lipinski definition) is 8. The molecule has 1 aromatic carbocycles. The molecular weight excluding hydrogens is 646 g/mol. The lowest BCUT2D eigenvalue weighted by Gasteiger charge is -2.24. The monoisotopic (exact) mass is 673 g/mol. The summed E-state index contributed by atoms with van der Waals surface area (Å²) in [4.78, 5) is 46.7. The van der Waals surface area contributed by atoms with Crippen molar-refractivity contribution < 1.29 is 57.3 Å². The second kappa shape index (κ2) is 12.1. The van der Waals surface area contributed by atoms with E-state index in [0.29, 0.717) is 16.7 Å². The van der Waals surface area contributed by atoms with Gasteiger partial charge in [0.1, 0.15) is 36.0 Å². The van der Waals surface area contributed by atoms with Gasteiger partial charge in [-0.15, -0.1) is 9.42 Å². The third-order valence-electron chi connectivity index (χ3n) is 7.31. The lowest BCUT2D eigenvalue weighted by atomic mass is 10.1. The van der Waals surface area contributed by atoms with E-state index in [-0.39, 0.29) is 17.1 Å². The molecule has 2 aliphatic rings. The second-order valence-electron chi connectivity index (χ2n) is 10.1. The normalized spacial score (nSPS) is 30.3. The van der Waals surface area contributed by atoms with Gasteiger partial charge in [0.15, 0.2) is 29.7 Å². The number of phosphoric ester groups is 1. The van der Waals surface area contributed by atoms with Crippen LogP contribution in [0.4, 0.5) is 11.6 Å². The summed E-state index contributed by atoms with van der Waals surface area (Å²) in [5, 5.41) is 31.4. The maximum absolute atomic E-state index is 13.2. The number of benzene rings is 1. The van der Waals surface area contributed by atoms with Gasteiger partial charge >= 0.3 is 16.1 Å². The Labute approximate surface area is 251 Å². The Balaban J connectivity index is 1.22. The van der Waals surface area contributed by atoms with Crippen molar-refractivity contribution in [3.63, 3.8) is 0 Å². The number of aromatic nitrogens is 6. The minimum Gasteiger partial charge on any atom is -0.397 e. The first-order chi connectivity index (χ1) is 21.4. The molecule has 23 heteroatoms. The number of ether oxygens (including phenoxy) is 2. The lowest BCUT2D eigenvalue weighted by molar-refractivity contribution is -0.0607. The molecule has 0 spiro atoms. The number of para-hydroxylation sites is 1. The van der Waals surface area contributed by atoms with E-state index in [9.17, 15) is 39.0 Å². The van der Waals surface area contributed by atoms with Crippen LogP contribution in [0.1, 0.15) is 12.5 Å². The Bertz CT molecular complexity index is 1850. The van der Waals surface area contributed by atoms with Crippen molar-refractivity contribution in [3.8, 4) is 0 Å². The highest BCUT2D eigenvalue weighted by molar-refractivity contribution is 7.47. The molecular formula is C22H27N8O13P2+. The van der Waals surface area contributed by atoms with Crippen LogP contribution in [-0.4, -0.2) is 104 Å². The zero-order valence-electron chi connectivity index (χ0n) is 22.7. The fourth-order valence-corrected chi connectivity index (χ4v) is 6.69. The van der Waals surface area contributed by atoms with Gasteiger partial charge in [-0.3, -0.25) is 23.4 Å². The molecule has 2 unspecified atom stereocenters. The first-order valence-electron chi connectivity index (χ1n) is 13.1. The van der Waals surface area contributed by atoms with Crippen LogP contribution in [0.15, 0.2) is 35.6 Å². The van der Waals surface area contributed by atoms with E-state index >= 15 is 0 Å². The molecule has 10 N–H and O–H groups in total. The number of nitrogens with one attached hydrogen (secondary N) is 1. The van der Waals surface area contributed by atoms with Crippen LogP contribution in [0.2, 0.25) is 0 Å². The molecule has 2 fully saturated rings. The maximum atomic E-state index is 13.2. The van der Waals surface area contributed by atoms with E-state index < -0.39 is 83.9 Å². The van der Waals surface area contributed by atoms with E-state index in [4.69, 9.17) is 34.5 Å². The largest absolute Gasteiger partial charge is 0.695 e. The smallest absolute Gasteiger partial charge is 0.397 e. The van der Waals surface area contributed by atoms with Gasteiger partial charge in [0.05, 0.1) is 37.1 Å². The van der Waals surface area contributed by atoms with Crippen molar-refractivity contribution in [2.45, 2.75) is 49.1 Å². The molecule has 0 amide bonds. The number of rotatable bonds is 10. The lowest BCUT2D eigenvalue weighted by Crippen LogP contribution is -2.36. The van der Waals surface area contributed by atoms with Crippen LogP contribution in [-0.2, 0) is 32.2 Å². The Hall–Kier alpha value is -3.43. The molecule has 21 nitrogen and oxygen atoms in total. The number of H-pyrrole nitrogens is 1. The van der Waals surface area contributed by atoms with Gasteiger partial charge in [-0.2, -0.15) is 4.98 Å². The summed E-state index contributed by atoms with van der Waals surface area (Å²) in [5.74, 6) is -0.272. The molecule has 4 aromatic rings. The molecule has 242 valence electrons. The number of phosphoric acid groups is 1. The number of nitrogens with two attached hydrogens (primary N) is 2. The van der Waals surface area contributed by atoms with Crippen molar-refractivity contribution in [1.29, 1.82) is 0 Å². The standard InChI is InChI=1S/C22H26N8O13P2/c23-8-2-1-3-9-12(8)25-6-29(9)20-15(33)16(42-44(35)36)11(41-20)5-39-45(37,38)43-17-14(32)10(4-31)40-21(17)30-7-26-13-18(30)27-22(24)28-19(13)34/h1-3,6-7,10-11,14-17,20-21,31-33H,4-5,23H2,(H4-,24,27,28,34,35,36,37,38)/p+1/t10-,11-,14-,15-,16-,17-,20-,21-/m1/s1. The first kappa shape index (κ1) is 31.5. The van der Waals surface area contributed by atoms with Gasteiger partial charge in [-0.05, 0) is 12.1 Å². The van der Waals surface area contributed by atoms with Crippen molar-refractivity contribution in [3.05, 3.63) is 41.2 Å². The van der Waals surface area contributed by atoms with E-state index in [1.54, 1.807) is 18.2 Å². The number of fused-ring (bicyclic) bond motifs is 2. The summed E-state index contributed by atoms with van der Waals surface area (Å²) >= 11 is 0. The zero-order chi connectivity index (χ0) is 32.2. The predicted molar refractivity (Wildman–Crippen MR) is 149 cm³/mol. The zero-order valence-corrected chi connectivity index (χ0v) is 24.5. The number of imidazole rings is 2. The summed E-state index contributed by atoms with van der Waals surface area (Å²) in [7, 11) is -8.41. The molecule has 10 atom stereocenters. The van der Waals surface area contributed by atoms with Gasteiger partial charge in [0, 0.05) is 4.57 Å². The van der Waals surface area contributed by atoms with Crippen molar-refractivity contribution >= 4 is 49.9 Å². The molecule has 0 aliphatic carbocycles. The molecule has 0 radical (unpaired) electrons. The van der Waals surface area contributed by atoms with E-state index in [1.807, 2.05) is 0 Å². The van der Waals surface area contributed by atoms with Crippen LogP contribution >= 0.6 is 16.1 Å². The van der Waals surface area contributed by atoms with E-state index in [1.165, 1.54) is 10.9 Å². The summed E-state index contributed by atoms with van der Waals surface area (Å²) in [6.07, 6.45) is -9.47. The van der Waals surface area contributed by atoms with Gasteiger partial charge in [-0.1, -0.05) is 6.07 Å². The molecule has 5 heterocycles. The number of aromatic amines is 1. The Morgan fingerprint density at radius 3 is 2.49 bits per heavy atom. The Morgan fingerprint density at radius 2 is 1.76 bits per heavy atom. The van der Waals surface area contributed by atoms with E-state index in [2.05, 4.69) is 19.9 Å². The Morgan fingerprint density at radius 1 is 1.04 bits per heavy atom.